The second kappa shape index (κ2) is 10.2. The molecule has 0 unspecified atom stereocenters. The standard InChI is InChI=1S/C22H25NO5/c1-5-27-22(25)17-7-6-8-18(14-17)23-21(24)12-10-16-9-11-19(28-15(2)3)20(13-16)26-4/h6-15H,5H2,1-4H3,(H,23,24). The van der Waals surface area contributed by atoms with E-state index >= 15 is 0 Å². The first-order chi connectivity index (χ1) is 13.4. The number of benzene rings is 2. The highest BCUT2D eigenvalue weighted by molar-refractivity contribution is 6.02. The molecule has 0 saturated carbocycles. The molecular weight excluding hydrogens is 358 g/mol. The summed E-state index contributed by atoms with van der Waals surface area (Å²) in [5, 5.41) is 2.73. The van der Waals surface area contributed by atoms with Gasteiger partial charge in [0.2, 0.25) is 5.91 Å². The molecular formula is C22H25NO5. The highest BCUT2D eigenvalue weighted by Gasteiger charge is 2.08. The van der Waals surface area contributed by atoms with Crippen LogP contribution in [-0.4, -0.2) is 31.7 Å². The fourth-order valence-corrected chi connectivity index (χ4v) is 2.43. The van der Waals surface area contributed by atoms with E-state index in [0.717, 1.165) is 5.56 Å². The lowest BCUT2D eigenvalue weighted by Crippen LogP contribution is -2.09. The van der Waals surface area contributed by atoms with Gasteiger partial charge in [-0.05, 0) is 62.7 Å². The number of hydrogen-bond donors (Lipinski definition) is 1. The van der Waals surface area contributed by atoms with E-state index in [1.165, 1.54) is 6.08 Å². The molecule has 1 N–H and O–H groups in total. The van der Waals surface area contributed by atoms with E-state index in [9.17, 15) is 9.59 Å². The first kappa shape index (κ1) is 21.0. The molecule has 1 amide bonds. The first-order valence-corrected chi connectivity index (χ1v) is 9.04. The van der Waals surface area contributed by atoms with Gasteiger partial charge in [0, 0.05) is 11.8 Å². The zero-order chi connectivity index (χ0) is 20.5. The van der Waals surface area contributed by atoms with Gasteiger partial charge in [0.05, 0.1) is 25.4 Å². The normalized spacial score (nSPS) is 10.8. The third kappa shape index (κ3) is 6.16. The zero-order valence-corrected chi connectivity index (χ0v) is 16.5. The second-order valence-electron chi connectivity index (χ2n) is 6.20. The maximum atomic E-state index is 12.2. The Bertz CT molecular complexity index is 858. The highest BCUT2D eigenvalue weighted by atomic mass is 16.5. The van der Waals surface area contributed by atoms with Gasteiger partial charge in [-0.3, -0.25) is 4.79 Å². The number of esters is 1. The Balaban J connectivity index is 2.06. The molecule has 0 aromatic heterocycles. The number of anilines is 1. The number of hydrogen-bond acceptors (Lipinski definition) is 5. The average Bonchev–Trinajstić information content (AvgIpc) is 2.67. The Morgan fingerprint density at radius 3 is 2.57 bits per heavy atom. The molecule has 0 spiro atoms. The zero-order valence-electron chi connectivity index (χ0n) is 16.5. The molecule has 6 heteroatoms. The third-order valence-corrected chi connectivity index (χ3v) is 3.62. The average molecular weight is 383 g/mol. The smallest absolute Gasteiger partial charge is 0.338 e. The predicted molar refractivity (Wildman–Crippen MR) is 109 cm³/mol. The van der Waals surface area contributed by atoms with Gasteiger partial charge in [-0.1, -0.05) is 12.1 Å². The minimum absolute atomic E-state index is 0.0337. The van der Waals surface area contributed by atoms with Gasteiger partial charge in [-0.15, -0.1) is 0 Å². The maximum absolute atomic E-state index is 12.2. The second-order valence-corrected chi connectivity index (χ2v) is 6.20. The SMILES string of the molecule is CCOC(=O)c1cccc(NC(=O)C=Cc2ccc(OC(C)C)c(OC)c2)c1. The van der Waals surface area contributed by atoms with Crippen molar-refractivity contribution in [2.24, 2.45) is 0 Å². The van der Waals surface area contributed by atoms with Crippen molar-refractivity contribution in [1.82, 2.24) is 0 Å². The minimum atomic E-state index is -0.426. The molecule has 0 aliphatic heterocycles. The lowest BCUT2D eigenvalue weighted by atomic mass is 10.1. The van der Waals surface area contributed by atoms with Crippen molar-refractivity contribution in [3.8, 4) is 11.5 Å². The molecule has 0 aliphatic rings. The maximum Gasteiger partial charge on any atom is 0.338 e. The van der Waals surface area contributed by atoms with Gasteiger partial charge in [0.15, 0.2) is 11.5 Å². The molecule has 2 rings (SSSR count). The van der Waals surface area contributed by atoms with Crippen molar-refractivity contribution in [3.05, 3.63) is 59.7 Å². The summed E-state index contributed by atoms with van der Waals surface area (Å²) in [7, 11) is 1.57. The number of nitrogens with one attached hydrogen (secondary N) is 1. The fraction of sp³-hybridized carbons (Fsp3) is 0.273. The van der Waals surface area contributed by atoms with E-state index in [1.807, 2.05) is 19.9 Å². The van der Waals surface area contributed by atoms with E-state index < -0.39 is 5.97 Å². The molecule has 0 atom stereocenters. The van der Waals surface area contributed by atoms with Crippen LogP contribution in [0.3, 0.4) is 0 Å². The van der Waals surface area contributed by atoms with Gasteiger partial charge in [0.25, 0.3) is 0 Å². The number of carbonyl (C=O) groups excluding carboxylic acids is 2. The van der Waals surface area contributed by atoms with Crippen LogP contribution in [0, 0.1) is 0 Å². The summed E-state index contributed by atoms with van der Waals surface area (Å²) in [6.45, 7) is 5.91. The number of methoxy groups -OCH3 is 1. The Labute approximate surface area is 165 Å². The van der Waals surface area contributed by atoms with Crippen LogP contribution in [0.5, 0.6) is 11.5 Å². The molecule has 6 nitrogen and oxygen atoms in total. The van der Waals surface area contributed by atoms with E-state index in [0.29, 0.717) is 29.4 Å². The third-order valence-electron chi connectivity index (χ3n) is 3.62. The molecule has 0 bridgehead atoms. The van der Waals surface area contributed by atoms with Crippen LogP contribution >= 0.6 is 0 Å². The van der Waals surface area contributed by atoms with Crippen molar-refractivity contribution in [1.29, 1.82) is 0 Å². The Hall–Kier alpha value is -3.28. The molecule has 2 aromatic rings. The van der Waals surface area contributed by atoms with Crippen molar-refractivity contribution in [3.63, 3.8) is 0 Å². The highest BCUT2D eigenvalue weighted by Crippen LogP contribution is 2.29. The molecule has 0 saturated heterocycles. The Kier molecular flexibility index (Phi) is 7.63. The molecule has 28 heavy (non-hydrogen) atoms. The summed E-state index contributed by atoms with van der Waals surface area (Å²) in [6.07, 6.45) is 3.12. The molecule has 148 valence electrons. The molecule has 0 radical (unpaired) electrons. The summed E-state index contributed by atoms with van der Waals surface area (Å²) in [5.74, 6) is 0.501. The number of amides is 1. The van der Waals surface area contributed by atoms with Crippen LogP contribution < -0.4 is 14.8 Å². The van der Waals surface area contributed by atoms with Crippen molar-refractivity contribution in [2.75, 3.05) is 19.0 Å². The van der Waals surface area contributed by atoms with E-state index in [2.05, 4.69) is 5.32 Å². The van der Waals surface area contributed by atoms with Gasteiger partial charge in [-0.25, -0.2) is 4.79 Å². The Morgan fingerprint density at radius 2 is 1.89 bits per heavy atom. The van der Waals surface area contributed by atoms with Crippen LogP contribution in [0.2, 0.25) is 0 Å². The largest absolute Gasteiger partial charge is 0.493 e. The summed E-state index contributed by atoms with van der Waals surface area (Å²) in [5.41, 5.74) is 1.69. The molecule has 0 heterocycles. The topological polar surface area (TPSA) is 73.9 Å². The number of carbonyl (C=O) groups is 2. The predicted octanol–water partition coefficient (Wildman–Crippen LogP) is 4.31. The van der Waals surface area contributed by atoms with Gasteiger partial charge in [-0.2, -0.15) is 0 Å². The van der Waals surface area contributed by atoms with Crippen LogP contribution in [-0.2, 0) is 9.53 Å². The van der Waals surface area contributed by atoms with Crippen molar-refractivity contribution < 1.29 is 23.8 Å². The fourth-order valence-electron chi connectivity index (χ4n) is 2.43. The summed E-state index contributed by atoms with van der Waals surface area (Å²) < 4.78 is 16.0. The lowest BCUT2D eigenvalue weighted by molar-refractivity contribution is -0.111. The Morgan fingerprint density at radius 1 is 1.11 bits per heavy atom. The van der Waals surface area contributed by atoms with E-state index in [4.69, 9.17) is 14.2 Å². The van der Waals surface area contributed by atoms with E-state index in [1.54, 1.807) is 56.5 Å². The van der Waals surface area contributed by atoms with Gasteiger partial charge in [0.1, 0.15) is 0 Å². The molecule has 0 aliphatic carbocycles. The lowest BCUT2D eigenvalue weighted by Gasteiger charge is -2.13. The van der Waals surface area contributed by atoms with Crippen LogP contribution in [0.15, 0.2) is 48.5 Å². The number of ether oxygens (including phenoxy) is 3. The number of rotatable bonds is 8. The van der Waals surface area contributed by atoms with Crippen molar-refractivity contribution >= 4 is 23.6 Å². The molecule has 2 aromatic carbocycles. The van der Waals surface area contributed by atoms with Gasteiger partial charge >= 0.3 is 5.97 Å². The van der Waals surface area contributed by atoms with Gasteiger partial charge < -0.3 is 19.5 Å². The van der Waals surface area contributed by atoms with Crippen LogP contribution in [0.25, 0.3) is 6.08 Å². The summed E-state index contributed by atoms with van der Waals surface area (Å²) in [4.78, 5) is 24.0. The summed E-state index contributed by atoms with van der Waals surface area (Å²) >= 11 is 0. The van der Waals surface area contributed by atoms with Crippen LogP contribution in [0.1, 0.15) is 36.7 Å². The minimum Gasteiger partial charge on any atom is -0.493 e. The quantitative estimate of drug-likeness (QED) is 0.543. The van der Waals surface area contributed by atoms with Crippen molar-refractivity contribution in [2.45, 2.75) is 26.9 Å². The summed E-state index contributed by atoms with van der Waals surface area (Å²) in [6, 6.07) is 12.0. The first-order valence-electron chi connectivity index (χ1n) is 9.04. The van der Waals surface area contributed by atoms with Crippen LogP contribution in [0.4, 0.5) is 5.69 Å². The monoisotopic (exact) mass is 383 g/mol. The molecule has 0 fully saturated rings. The van der Waals surface area contributed by atoms with E-state index in [-0.39, 0.29) is 12.0 Å².